The van der Waals surface area contributed by atoms with Crippen molar-refractivity contribution in [3.8, 4) is 0 Å². The lowest BCUT2D eigenvalue weighted by Gasteiger charge is -2.27. The highest BCUT2D eigenvalue weighted by molar-refractivity contribution is 14.1. The van der Waals surface area contributed by atoms with Crippen molar-refractivity contribution < 1.29 is 9.50 Å². The summed E-state index contributed by atoms with van der Waals surface area (Å²) in [6.07, 6.45) is -1.21. The van der Waals surface area contributed by atoms with Gasteiger partial charge in [0, 0.05) is 36.0 Å². The van der Waals surface area contributed by atoms with Gasteiger partial charge in [-0.3, -0.25) is 0 Å². The van der Waals surface area contributed by atoms with Crippen molar-refractivity contribution in [2.45, 2.75) is 18.7 Å². The smallest absolute Gasteiger partial charge is 0.139 e. The Balaban J connectivity index is 2.35. The molecule has 4 heteroatoms. The molecule has 0 aromatic carbocycles. The summed E-state index contributed by atoms with van der Waals surface area (Å²) in [4.78, 5) is 0. The van der Waals surface area contributed by atoms with E-state index in [2.05, 4.69) is 22.9 Å². The van der Waals surface area contributed by atoms with Crippen LogP contribution in [0.25, 0.3) is 0 Å². The predicted octanol–water partition coefficient (Wildman–Crippen LogP) is 0.741. The summed E-state index contributed by atoms with van der Waals surface area (Å²) in [5.41, 5.74) is 0. The number of hydrogen-bond donors (Lipinski definition) is 1. The maximum Gasteiger partial charge on any atom is 0.139 e. The third-order valence-corrected chi connectivity index (χ3v) is 2.33. The Labute approximate surface area is 67.5 Å². The number of alkyl halides is 1. The van der Waals surface area contributed by atoms with Crippen LogP contribution in [0.3, 0.4) is 0 Å². The minimum atomic E-state index is -1.05. The minimum Gasteiger partial charge on any atom is -0.390 e. The van der Waals surface area contributed by atoms with Crippen LogP contribution in [-0.2, 0) is 0 Å². The van der Waals surface area contributed by atoms with Crippen LogP contribution in [-0.4, -0.2) is 33.6 Å². The van der Waals surface area contributed by atoms with Gasteiger partial charge in [-0.25, -0.2) is 7.50 Å². The second kappa shape index (κ2) is 3.12. The second-order valence-corrected chi connectivity index (χ2v) is 3.61. The van der Waals surface area contributed by atoms with E-state index in [0.717, 1.165) is 6.54 Å². The number of halogens is 2. The van der Waals surface area contributed by atoms with Gasteiger partial charge in [-0.1, -0.05) is 0 Å². The van der Waals surface area contributed by atoms with Crippen LogP contribution in [0.2, 0.25) is 0 Å². The number of piperidine rings is 1. The van der Waals surface area contributed by atoms with E-state index in [0.29, 0.717) is 13.0 Å². The van der Waals surface area contributed by atoms with Gasteiger partial charge in [0.15, 0.2) is 0 Å². The molecule has 1 N–H and O–H groups in total. The molecule has 2 nitrogen and oxygen atoms in total. The zero-order valence-corrected chi connectivity index (χ0v) is 7.08. The van der Waals surface area contributed by atoms with Gasteiger partial charge in [0.1, 0.15) is 6.17 Å². The van der Waals surface area contributed by atoms with Crippen LogP contribution in [0.5, 0.6) is 0 Å². The van der Waals surface area contributed by atoms with E-state index in [-0.39, 0.29) is 0 Å². The van der Waals surface area contributed by atoms with Crippen molar-refractivity contribution in [2.75, 3.05) is 13.1 Å². The van der Waals surface area contributed by atoms with E-state index in [1.54, 1.807) is 0 Å². The first kappa shape index (κ1) is 7.68. The largest absolute Gasteiger partial charge is 0.390 e. The third kappa shape index (κ3) is 2.01. The summed E-state index contributed by atoms with van der Waals surface area (Å²) < 4.78 is 14.4. The summed E-state index contributed by atoms with van der Waals surface area (Å²) >= 11 is 2.06. The van der Waals surface area contributed by atoms with Crippen molar-refractivity contribution in [1.29, 1.82) is 0 Å². The Bertz CT molecular complexity index is 103. The maximum atomic E-state index is 12.5. The molecule has 0 aliphatic carbocycles. The number of aliphatic hydroxyl groups is 1. The van der Waals surface area contributed by atoms with Gasteiger partial charge < -0.3 is 5.11 Å². The number of aliphatic hydroxyl groups excluding tert-OH is 1. The highest BCUT2D eigenvalue weighted by atomic mass is 127. The maximum absolute atomic E-state index is 12.5. The lowest BCUT2D eigenvalue weighted by atomic mass is 10.1. The van der Waals surface area contributed by atoms with Crippen LogP contribution < -0.4 is 0 Å². The van der Waals surface area contributed by atoms with Gasteiger partial charge in [0.2, 0.25) is 0 Å². The molecular weight excluding hydrogens is 236 g/mol. The molecule has 0 radical (unpaired) electrons. The molecular formula is C5H9FINO. The fourth-order valence-corrected chi connectivity index (χ4v) is 1.51. The lowest BCUT2D eigenvalue weighted by molar-refractivity contribution is 0.0369. The first-order valence-corrected chi connectivity index (χ1v) is 3.89. The highest BCUT2D eigenvalue weighted by Gasteiger charge is 2.25. The molecule has 54 valence electrons. The van der Waals surface area contributed by atoms with E-state index in [1.165, 1.54) is 0 Å². The Hall–Kier alpha value is 0.580. The molecule has 1 heterocycles. The summed E-state index contributed by atoms with van der Waals surface area (Å²) in [7, 11) is 0. The SMILES string of the molecule is O[C@H]1CCN(I)C[C@H]1F. The van der Waals surface area contributed by atoms with Crippen molar-refractivity contribution in [3.05, 3.63) is 0 Å². The van der Waals surface area contributed by atoms with Crippen LogP contribution in [0.1, 0.15) is 6.42 Å². The number of rotatable bonds is 0. The van der Waals surface area contributed by atoms with Gasteiger partial charge in [0.25, 0.3) is 0 Å². The van der Waals surface area contributed by atoms with Crippen LogP contribution >= 0.6 is 22.9 Å². The van der Waals surface area contributed by atoms with Crippen molar-refractivity contribution in [3.63, 3.8) is 0 Å². The molecule has 1 aliphatic rings. The standard InChI is InChI=1S/C5H9FINO/c6-4-3-8(7)2-1-5(4)9/h4-5,9H,1-3H2/t4-,5+/m1/s1. The van der Waals surface area contributed by atoms with Gasteiger partial charge in [-0.15, -0.1) is 0 Å². The fourth-order valence-electron chi connectivity index (χ4n) is 0.855. The lowest BCUT2D eigenvalue weighted by Crippen LogP contribution is -2.39. The molecule has 0 spiro atoms. The molecule has 0 aromatic heterocycles. The summed E-state index contributed by atoms with van der Waals surface area (Å²) in [6, 6.07) is 0. The molecule has 1 saturated heterocycles. The number of hydrogen-bond acceptors (Lipinski definition) is 2. The highest BCUT2D eigenvalue weighted by Crippen LogP contribution is 2.16. The molecule has 0 aromatic rings. The van der Waals surface area contributed by atoms with Crippen LogP contribution in [0.15, 0.2) is 0 Å². The molecule has 0 bridgehead atoms. The van der Waals surface area contributed by atoms with E-state index >= 15 is 0 Å². The van der Waals surface area contributed by atoms with E-state index < -0.39 is 12.3 Å². The van der Waals surface area contributed by atoms with E-state index in [1.807, 2.05) is 3.11 Å². The second-order valence-electron chi connectivity index (χ2n) is 2.24. The quantitative estimate of drug-likeness (QED) is 0.502. The third-order valence-electron chi connectivity index (χ3n) is 1.46. The van der Waals surface area contributed by atoms with Gasteiger partial charge >= 0.3 is 0 Å². The van der Waals surface area contributed by atoms with Gasteiger partial charge in [0.05, 0.1) is 6.10 Å². The fraction of sp³-hybridized carbons (Fsp3) is 1.00. The molecule has 0 saturated carbocycles. The summed E-state index contributed by atoms with van der Waals surface area (Å²) in [6.45, 7) is 1.16. The molecule has 1 fully saturated rings. The Morgan fingerprint density at radius 3 is 2.78 bits per heavy atom. The zero-order valence-electron chi connectivity index (χ0n) is 4.93. The topological polar surface area (TPSA) is 23.5 Å². The number of nitrogens with zero attached hydrogens (tertiary/aromatic N) is 1. The molecule has 1 aliphatic heterocycles. The van der Waals surface area contributed by atoms with Gasteiger partial charge in [-0.2, -0.15) is 0 Å². The Morgan fingerprint density at radius 2 is 2.33 bits per heavy atom. The first-order valence-electron chi connectivity index (χ1n) is 2.93. The predicted molar refractivity (Wildman–Crippen MR) is 41.1 cm³/mol. The van der Waals surface area contributed by atoms with Gasteiger partial charge in [-0.05, 0) is 6.42 Å². The zero-order chi connectivity index (χ0) is 6.85. The molecule has 2 atom stereocenters. The monoisotopic (exact) mass is 245 g/mol. The van der Waals surface area contributed by atoms with Crippen LogP contribution in [0.4, 0.5) is 4.39 Å². The Kier molecular flexibility index (Phi) is 2.66. The van der Waals surface area contributed by atoms with Crippen LogP contribution in [0, 0.1) is 0 Å². The first-order chi connectivity index (χ1) is 4.20. The molecule has 0 unspecified atom stereocenters. The van der Waals surface area contributed by atoms with Crippen molar-refractivity contribution in [1.82, 2.24) is 3.11 Å². The summed E-state index contributed by atoms with van der Waals surface area (Å²) in [5, 5.41) is 8.89. The molecule has 1 rings (SSSR count). The minimum absolute atomic E-state index is 0.363. The van der Waals surface area contributed by atoms with Crippen molar-refractivity contribution in [2.24, 2.45) is 0 Å². The van der Waals surface area contributed by atoms with E-state index in [4.69, 9.17) is 5.11 Å². The molecule has 0 amide bonds. The average Bonchev–Trinajstić information content (AvgIpc) is 1.80. The average molecular weight is 245 g/mol. The Morgan fingerprint density at radius 1 is 1.67 bits per heavy atom. The van der Waals surface area contributed by atoms with Crippen molar-refractivity contribution >= 4 is 22.9 Å². The van der Waals surface area contributed by atoms with E-state index in [9.17, 15) is 4.39 Å². The molecule has 9 heavy (non-hydrogen) atoms. The summed E-state index contributed by atoms with van der Waals surface area (Å²) in [5.74, 6) is 0. The normalized spacial score (nSPS) is 39.0.